The highest BCUT2D eigenvalue weighted by Gasteiger charge is 2.25. The Hall–Kier alpha value is -3.02. The average molecular weight is 354 g/mol. The number of aromatic hydroxyl groups is 1. The molecule has 2 aromatic rings. The van der Waals surface area contributed by atoms with Crippen LogP contribution in [-0.4, -0.2) is 59.5 Å². The summed E-state index contributed by atoms with van der Waals surface area (Å²) < 4.78 is 5.43. The van der Waals surface area contributed by atoms with Crippen molar-refractivity contribution in [3.8, 4) is 11.5 Å². The standard InChI is InChI=1S/C20H22N2O4/c1-15-4-2-5-16(12-15)20(25)22-10-8-21(9-11-22)19(24)14-26-18-7-3-6-17(23)13-18/h2-7,12-13,23H,8-11,14H2,1H3. The SMILES string of the molecule is Cc1cccc(C(=O)N2CCN(C(=O)COc3cccc(O)c3)CC2)c1. The molecule has 0 saturated carbocycles. The van der Waals surface area contributed by atoms with Crippen LogP contribution in [-0.2, 0) is 4.79 Å². The van der Waals surface area contributed by atoms with E-state index in [9.17, 15) is 14.7 Å². The van der Waals surface area contributed by atoms with Gasteiger partial charge in [-0.1, -0.05) is 23.8 Å². The number of ether oxygens (including phenoxy) is 1. The van der Waals surface area contributed by atoms with Crippen molar-refractivity contribution in [2.75, 3.05) is 32.8 Å². The molecule has 0 aliphatic carbocycles. The van der Waals surface area contributed by atoms with Gasteiger partial charge in [-0.05, 0) is 31.2 Å². The van der Waals surface area contributed by atoms with Crippen molar-refractivity contribution >= 4 is 11.8 Å². The van der Waals surface area contributed by atoms with Gasteiger partial charge in [0.15, 0.2) is 6.61 Å². The predicted molar refractivity (Wildman–Crippen MR) is 97.3 cm³/mol. The summed E-state index contributed by atoms with van der Waals surface area (Å²) in [6.45, 7) is 3.85. The number of amides is 2. The average Bonchev–Trinajstić information content (AvgIpc) is 2.66. The number of carbonyl (C=O) groups is 2. The molecule has 6 nitrogen and oxygen atoms in total. The van der Waals surface area contributed by atoms with Gasteiger partial charge in [0.25, 0.3) is 11.8 Å². The van der Waals surface area contributed by atoms with Gasteiger partial charge in [-0.15, -0.1) is 0 Å². The highest BCUT2D eigenvalue weighted by Crippen LogP contribution is 2.18. The number of hydrogen-bond acceptors (Lipinski definition) is 4. The van der Waals surface area contributed by atoms with Crippen LogP contribution in [0, 0.1) is 6.92 Å². The van der Waals surface area contributed by atoms with Gasteiger partial charge in [0.05, 0.1) is 0 Å². The lowest BCUT2D eigenvalue weighted by Crippen LogP contribution is -2.51. The van der Waals surface area contributed by atoms with Crippen molar-refractivity contribution < 1.29 is 19.4 Å². The van der Waals surface area contributed by atoms with Crippen molar-refractivity contribution in [3.63, 3.8) is 0 Å². The van der Waals surface area contributed by atoms with Crippen LogP contribution in [0.4, 0.5) is 0 Å². The summed E-state index contributed by atoms with van der Waals surface area (Å²) in [5.74, 6) is 0.414. The molecular formula is C20H22N2O4. The molecule has 26 heavy (non-hydrogen) atoms. The van der Waals surface area contributed by atoms with E-state index in [-0.39, 0.29) is 24.2 Å². The fourth-order valence-corrected chi connectivity index (χ4v) is 2.93. The van der Waals surface area contributed by atoms with Crippen molar-refractivity contribution in [1.29, 1.82) is 0 Å². The summed E-state index contributed by atoms with van der Waals surface area (Å²) in [7, 11) is 0. The largest absolute Gasteiger partial charge is 0.508 e. The second kappa shape index (κ2) is 7.91. The van der Waals surface area contributed by atoms with Gasteiger partial charge >= 0.3 is 0 Å². The first-order chi connectivity index (χ1) is 12.5. The number of rotatable bonds is 4. The highest BCUT2D eigenvalue weighted by atomic mass is 16.5. The number of phenolic OH excluding ortho intramolecular Hbond substituents is 1. The molecule has 0 aromatic heterocycles. The van der Waals surface area contributed by atoms with Gasteiger partial charge in [-0.25, -0.2) is 0 Å². The Morgan fingerprint density at radius 2 is 1.69 bits per heavy atom. The summed E-state index contributed by atoms with van der Waals surface area (Å²) in [6.07, 6.45) is 0. The first-order valence-corrected chi connectivity index (χ1v) is 8.58. The highest BCUT2D eigenvalue weighted by molar-refractivity contribution is 5.94. The first kappa shape index (κ1) is 17.8. The summed E-state index contributed by atoms with van der Waals surface area (Å²) in [4.78, 5) is 28.3. The Bertz CT molecular complexity index is 798. The molecule has 0 radical (unpaired) electrons. The second-order valence-corrected chi connectivity index (χ2v) is 6.33. The van der Waals surface area contributed by atoms with E-state index in [2.05, 4.69) is 0 Å². The Morgan fingerprint density at radius 3 is 2.38 bits per heavy atom. The number of phenols is 1. The summed E-state index contributed by atoms with van der Waals surface area (Å²) in [5, 5.41) is 9.41. The lowest BCUT2D eigenvalue weighted by atomic mass is 10.1. The molecule has 1 aliphatic heterocycles. The van der Waals surface area contributed by atoms with Crippen LogP contribution < -0.4 is 4.74 Å². The minimum Gasteiger partial charge on any atom is -0.508 e. The Balaban J connectivity index is 1.50. The molecule has 1 heterocycles. The van der Waals surface area contributed by atoms with Crippen LogP contribution in [0.2, 0.25) is 0 Å². The van der Waals surface area contributed by atoms with Crippen molar-refractivity contribution in [2.24, 2.45) is 0 Å². The molecule has 3 rings (SSSR count). The summed E-state index contributed by atoms with van der Waals surface area (Å²) in [6, 6.07) is 13.9. The van der Waals surface area contributed by atoms with Crippen LogP contribution >= 0.6 is 0 Å². The van der Waals surface area contributed by atoms with E-state index >= 15 is 0 Å². The smallest absolute Gasteiger partial charge is 0.260 e. The topological polar surface area (TPSA) is 70.1 Å². The molecule has 0 atom stereocenters. The zero-order valence-corrected chi connectivity index (χ0v) is 14.7. The van der Waals surface area contributed by atoms with Crippen LogP contribution in [0.15, 0.2) is 48.5 Å². The van der Waals surface area contributed by atoms with Crippen LogP contribution in [0.5, 0.6) is 11.5 Å². The molecule has 1 aliphatic rings. The van der Waals surface area contributed by atoms with E-state index < -0.39 is 0 Å². The zero-order valence-electron chi connectivity index (χ0n) is 14.7. The molecule has 1 saturated heterocycles. The third kappa shape index (κ3) is 4.33. The number of piperazine rings is 1. The van der Waals surface area contributed by atoms with Crippen LogP contribution in [0.1, 0.15) is 15.9 Å². The maximum atomic E-state index is 12.5. The Labute approximate surface area is 152 Å². The third-order valence-electron chi connectivity index (χ3n) is 4.36. The quantitative estimate of drug-likeness (QED) is 0.912. The lowest BCUT2D eigenvalue weighted by Gasteiger charge is -2.34. The van der Waals surface area contributed by atoms with E-state index in [0.29, 0.717) is 37.5 Å². The monoisotopic (exact) mass is 354 g/mol. The van der Waals surface area contributed by atoms with Gasteiger partial charge in [0, 0.05) is 37.8 Å². The number of nitrogens with zero attached hydrogens (tertiary/aromatic N) is 2. The molecule has 1 fully saturated rings. The molecular weight excluding hydrogens is 332 g/mol. The van der Waals surface area contributed by atoms with E-state index in [1.807, 2.05) is 31.2 Å². The van der Waals surface area contributed by atoms with Crippen molar-refractivity contribution in [2.45, 2.75) is 6.92 Å². The molecule has 136 valence electrons. The van der Waals surface area contributed by atoms with Gasteiger partial charge in [-0.3, -0.25) is 9.59 Å². The van der Waals surface area contributed by atoms with Crippen LogP contribution in [0.25, 0.3) is 0 Å². The van der Waals surface area contributed by atoms with Gasteiger partial charge in [0.1, 0.15) is 11.5 Å². The fraction of sp³-hybridized carbons (Fsp3) is 0.300. The van der Waals surface area contributed by atoms with Crippen LogP contribution in [0.3, 0.4) is 0 Å². The van der Waals surface area contributed by atoms with Gasteiger partial charge in [0.2, 0.25) is 0 Å². The number of aryl methyl sites for hydroxylation is 1. The number of hydrogen-bond donors (Lipinski definition) is 1. The molecule has 1 N–H and O–H groups in total. The molecule has 0 bridgehead atoms. The van der Waals surface area contributed by atoms with E-state index in [1.165, 1.54) is 6.07 Å². The second-order valence-electron chi connectivity index (χ2n) is 6.33. The molecule has 6 heteroatoms. The van der Waals surface area contributed by atoms with Gasteiger partial charge in [-0.2, -0.15) is 0 Å². The minimum atomic E-state index is -0.129. The summed E-state index contributed by atoms with van der Waals surface area (Å²) in [5.41, 5.74) is 1.73. The number of carbonyl (C=O) groups excluding carboxylic acids is 2. The molecule has 0 spiro atoms. The van der Waals surface area contributed by atoms with Gasteiger partial charge < -0.3 is 19.6 Å². The van der Waals surface area contributed by atoms with E-state index in [4.69, 9.17) is 4.74 Å². The number of benzene rings is 2. The maximum absolute atomic E-state index is 12.5. The summed E-state index contributed by atoms with van der Waals surface area (Å²) >= 11 is 0. The maximum Gasteiger partial charge on any atom is 0.260 e. The van der Waals surface area contributed by atoms with E-state index in [0.717, 1.165) is 5.56 Å². The molecule has 2 amide bonds. The first-order valence-electron chi connectivity index (χ1n) is 8.58. The Morgan fingerprint density at radius 1 is 1.00 bits per heavy atom. The zero-order chi connectivity index (χ0) is 18.5. The normalized spacial score (nSPS) is 14.2. The molecule has 0 unspecified atom stereocenters. The molecule has 2 aromatic carbocycles. The Kier molecular flexibility index (Phi) is 5.41. The fourth-order valence-electron chi connectivity index (χ4n) is 2.93. The predicted octanol–water partition coefficient (Wildman–Crippen LogP) is 2.06. The minimum absolute atomic E-state index is 0.00295. The lowest BCUT2D eigenvalue weighted by molar-refractivity contribution is -0.134. The van der Waals surface area contributed by atoms with E-state index in [1.54, 1.807) is 28.0 Å². The van der Waals surface area contributed by atoms with Crippen molar-refractivity contribution in [3.05, 3.63) is 59.7 Å². The van der Waals surface area contributed by atoms with Crippen molar-refractivity contribution in [1.82, 2.24) is 9.80 Å². The third-order valence-corrected chi connectivity index (χ3v) is 4.36.